The van der Waals surface area contributed by atoms with E-state index in [1.165, 1.54) is 0 Å². The van der Waals surface area contributed by atoms with Gasteiger partial charge in [0.25, 0.3) is 0 Å². The average Bonchev–Trinajstić information content (AvgIpc) is 2.62. The molecule has 5 nitrogen and oxygen atoms in total. The van der Waals surface area contributed by atoms with Gasteiger partial charge in [0.2, 0.25) is 10.0 Å². The van der Waals surface area contributed by atoms with Crippen LogP contribution in [0.15, 0.2) is 0 Å². The van der Waals surface area contributed by atoms with Crippen LogP contribution >= 0.6 is 0 Å². The van der Waals surface area contributed by atoms with Gasteiger partial charge in [-0.15, -0.1) is 0 Å². The molecule has 0 spiro atoms. The zero-order chi connectivity index (χ0) is 14.5. The predicted molar refractivity (Wildman–Crippen MR) is 79.8 cm³/mol. The molecule has 0 aromatic rings. The van der Waals surface area contributed by atoms with Crippen molar-refractivity contribution in [1.29, 1.82) is 0 Å². The van der Waals surface area contributed by atoms with E-state index in [-0.39, 0.29) is 11.8 Å². The van der Waals surface area contributed by atoms with E-state index in [9.17, 15) is 8.42 Å². The SMILES string of the molecule is CCS(=O)(=O)NCC(C)N1CCCN(C(C)C)CC1. The minimum absolute atomic E-state index is 0.154. The molecule has 1 saturated heterocycles. The summed E-state index contributed by atoms with van der Waals surface area (Å²) in [6.45, 7) is 13.0. The van der Waals surface area contributed by atoms with Crippen molar-refractivity contribution in [3.05, 3.63) is 0 Å². The highest BCUT2D eigenvalue weighted by Gasteiger charge is 2.21. The van der Waals surface area contributed by atoms with E-state index in [2.05, 4.69) is 35.3 Å². The second-order valence-electron chi connectivity index (χ2n) is 5.62. The molecule has 1 heterocycles. The van der Waals surface area contributed by atoms with E-state index in [1.807, 2.05) is 0 Å². The van der Waals surface area contributed by atoms with Gasteiger partial charge in [-0.1, -0.05) is 0 Å². The van der Waals surface area contributed by atoms with Crippen molar-refractivity contribution in [2.45, 2.75) is 46.2 Å². The maximum Gasteiger partial charge on any atom is 0.211 e. The molecule has 6 heteroatoms. The van der Waals surface area contributed by atoms with Crippen LogP contribution in [0.2, 0.25) is 0 Å². The quantitative estimate of drug-likeness (QED) is 0.784. The fourth-order valence-electron chi connectivity index (χ4n) is 2.39. The molecule has 1 aliphatic rings. The van der Waals surface area contributed by atoms with Crippen LogP contribution in [0.4, 0.5) is 0 Å². The van der Waals surface area contributed by atoms with Crippen molar-refractivity contribution in [2.75, 3.05) is 38.5 Å². The largest absolute Gasteiger partial charge is 0.300 e. The lowest BCUT2D eigenvalue weighted by atomic mass is 10.2. The van der Waals surface area contributed by atoms with E-state index in [1.54, 1.807) is 6.92 Å². The third kappa shape index (κ3) is 5.77. The van der Waals surface area contributed by atoms with Crippen molar-refractivity contribution in [3.8, 4) is 0 Å². The highest BCUT2D eigenvalue weighted by Crippen LogP contribution is 2.09. The molecule has 0 amide bonds. The Hall–Kier alpha value is -0.170. The molecular weight excluding hydrogens is 262 g/mol. The van der Waals surface area contributed by atoms with Gasteiger partial charge in [-0.25, -0.2) is 13.1 Å². The standard InChI is InChI=1S/C13H29N3O2S/c1-5-19(17,18)14-11-13(4)16-8-6-7-15(9-10-16)12(2)3/h12-14H,5-11H2,1-4H3. The Kier molecular flexibility index (Phi) is 6.73. The van der Waals surface area contributed by atoms with Crippen molar-refractivity contribution in [2.24, 2.45) is 0 Å². The van der Waals surface area contributed by atoms with Gasteiger partial charge in [0.05, 0.1) is 5.75 Å². The molecule has 1 aliphatic heterocycles. The molecule has 0 aromatic carbocycles. The summed E-state index contributed by atoms with van der Waals surface area (Å²) in [5.74, 6) is 0.154. The molecule has 19 heavy (non-hydrogen) atoms. The predicted octanol–water partition coefficient (Wildman–Crippen LogP) is 0.730. The Labute approximate surface area is 118 Å². The zero-order valence-corrected chi connectivity index (χ0v) is 13.5. The van der Waals surface area contributed by atoms with Crippen molar-refractivity contribution in [1.82, 2.24) is 14.5 Å². The Bertz CT molecular complexity index is 357. The lowest BCUT2D eigenvalue weighted by Gasteiger charge is -2.28. The monoisotopic (exact) mass is 291 g/mol. The number of nitrogens with one attached hydrogen (secondary N) is 1. The van der Waals surface area contributed by atoms with E-state index in [0.29, 0.717) is 12.6 Å². The number of hydrogen-bond donors (Lipinski definition) is 1. The summed E-state index contributed by atoms with van der Waals surface area (Å²) in [5, 5.41) is 0. The molecular formula is C13H29N3O2S. The van der Waals surface area contributed by atoms with Crippen LogP contribution in [0, 0.1) is 0 Å². The molecule has 0 radical (unpaired) electrons. The lowest BCUT2D eigenvalue weighted by molar-refractivity contribution is 0.195. The van der Waals surface area contributed by atoms with E-state index >= 15 is 0 Å². The Balaban J connectivity index is 2.43. The number of sulfonamides is 1. The third-order valence-corrected chi connectivity index (χ3v) is 5.26. The summed E-state index contributed by atoms with van der Waals surface area (Å²) in [7, 11) is -3.07. The summed E-state index contributed by atoms with van der Waals surface area (Å²) in [4.78, 5) is 4.88. The van der Waals surface area contributed by atoms with Crippen molar-refractivity contribution < 1.29 is 8.42 Å². The number of nitrogens with zero attached hydrogens (tertiary/aromatic N) is 2. The number of rotatable bonds is 6. The summed E-state index contributed by atoms with van der Waals surface area (Å²) in [6.07, 6.45) is 1.16. The van der Waals surface area contributed by atoms with Gasteiger partial charge >= 0.3 is 0 Å². The van der Waals surface area contributed by atoms with Gasteiger partial charge in [-0.2, -0.15) is 0 Å². The third-order valence-electron chi connectivity index (χ3n) is 3.90. The molecule has 1 unspecified atom stereocenters. The maximum absolute atomic E-state index is 11.5. The summed E-state index contributed by atoms with van der Waals surface area (Å²) >= 11 is 0. The first-order valence-corrected chi connectivity index (χ1v) is 8.96. The van der Waals surface area contributed by atoms with Crippen LogP contribution in [0.5, 0.6) is 0 Å². The van der Waals surface area contributed by atoms with Crippen LogP contribution in [0.25, 0.3) is 0 Å². The molecule has 114 valence electrons. The zero-order valence-electron chi connectivity index (χ0n) is 12.7. The van der Waals surface area contributed by atoms with E-state index in [4.69, 9.17) is 0 Å². The van der Waals surface area contributed by atoms with Gasteiger partial charge in [0, 0.05) is 31.7 Å². The first-order chi connectivity index (χ1) is 8.85. The molecule has 1 fully saturated rings. The highest BCUT2D eigenvalue weighted by atomic mass is 32.2. The Morgan fingerprint density at radius 1 is 1.05 bits per heavy atom. The lowest BCUT2D eigenvalue weighted by Crippen LogP contribution is -2.44. The average molecular weight is 291 g/mol. The Morgan fingerprint density at radius 3 is 2.21 bits per heavy atom. The minimum Gasteiger partial charge on any atom is -0.300 e. The Morgan fingerprint density at radius 2 is 1.63 bits per heavy atom. The second-order valence-corrected chi connectivity index (χ2v) is 7.72. The topological polar surface area (TPSA) is 52.7 Å². The molecule has 0 aromatic heterocycles. The molecule has 1 N–H and O–H groups in total. The first kappa shape index (κ1) is 16.9. The molecule has 0 bridgehead atoms. The molecule has 1 rings (SSSR count). The molecule has 0 saturated carbocycles. The summed E-state index contributed by atoms with van der Waals surface area (Å²) < 4.78 is 25.6. The van der Waals surface area contributed by atoms with Crippen molar-refractivity contribution in [3.63, 3.8) is 0 Å². The fraction of sp³-hybridized carbons (Fsp3) is 1.00. The van der Waals surface area contributed by atoms with Gasteiger partial charge in [0.1, 0.15) is 0 Å². The smallest absolute Gasteiger partial charge is 0.211 e. The van der Waals surface area contributed by atoms with Crippen LogP contribution < -0.4 is 4.72 Å². The molecule has 0 aliphatic carbocycles. The maximum atomic E-state index is 11.5. The van der Waals surface area contributed by atoms with E-state index < -0.39 is 10.0 Å². The van der Waals surface area contributed by atoms with Gasteiger partial charge in [-0.05, 0) is 47.2 Å². The normalized spacial score (nSPS) is 21.5. The summed E-state index contributed by atoms with van der Waals surface area (Å²) in [5.41, 5.74) is 0. The fourth-order valence-corrected chi connectivity index (χ4v) is 3.09. The summed E-state index contributed by atoms with van der Waals surface area (Å²) in [6, 6.07) is 0.849. The molecule has 1 atom stereocenters. The minimum atomic E-state index is -3.07. The van der Waals surface area contributed by atoms with E-state index in [0.717, 1.165) is 32.6 Å². The first-order valence-electron chi connectivity index (χ1n) is 7.31. The second kappa shape index (κ2) is 7.57. The van der Waals surface area contributed by atoms with Crippen LogP contribution in [0.1, 0.15) is 34.1 Å². The van der Waals surface area contributed by atoms with Gasteiger partial charge < -0.3 is 0 Å². The van der Waals surface area contributed by atoms with Gasteiger partial charge in [-0.3, -0.25) is 9.80 Å². The van der Waals surface area contributed by atoms with Crippen LogP contribution in [-0.2, 0) is 10.0 Å². The highest BCUT2D eigenvalue weighted by molar-refractivity contribution is 7.89. The van der Waals surface area contributed by atoms with Crippen LogP contribution in [-0.4, -0.2) is 68.8 Å². The van der Waals surface area contributed by atoms with Crippen LogP contribution in [0.3, 0.4) is 0 Å². The number of hydrogen-bond acceptors (Lipinski definition) is 4. The van der Waals surface area contributed by atoms with Crippen molar-refractivity contribution >= 4 is 10.0 Å². The van der Waals surface area contributed by atoms with Gasteiger partial charge in [0.15, 0.2) is 0 Å².